The molecule has 1 unspecified atom stereocenters. The Labute approximate surface area is 442 Å². The Morgan fingerprint density at radius 2 is 0.933 bits per heavy atom. The van der Waals surface area contributed by atoms with Gasteiger partial charge in [-0.3, -0.25) is 0 Å². The summed E-state index contributed by atoms with van der Waals surface area (Å²) in [6.07, 6.45) is -10.4. The van der Waals surface area contributed by atoms with E-state index in [1.165, 1.54) is 0 Å². The third-order valence-electron chi connectivity index (χ3n) is 14.2. The Morgan fingerprint density at radius 3 is 1.44 bits per heavy atom. The van der Waals surface area contributed by atoms with E-state index in [1.54, 1.807) is 0 Å². The van der Waals surface area contributed by atoms with Crippen LogP contribution in [-0.4, -0.2) is 88.0 Å². The van der Waals surface area contributed by atoms with Gasteiger partial charge in [-0.25, -0.2) is 0 Å². The zero-order chi connectivity index (χ0) is 51.5. The first-order valence-corrected chi connectivity index (χ1v) is 28.0. The van der Waals surface area contributed by atoms with Crippen molar-refractivity contribution in [1.82, 2.24) is 0 Å². The molecule has 11 atom stereocenters. The monoisotopic (exact) mass is 1030 g/mol. The van der Waals surface area contributed by atoms with Crippen molar-refractivity contribution in [2.75, 3.05) is 13.2 Å². The molecule has 3 aliphatic heterocycles. The first kappa shape index (κ1) is 52.7. The molecule has 0 radical (unpaired) electrons. The van der Waals surface area contributed by atoms with Crippen LogP contribution in [-0.2, 0) is 73.5 Å². The number of aliphatic hydroxyl groups excluding tert-OH is 1. The fraction of sp³-hybridized carbons (Fsp3) is 0.333. The third kappa shape index (κ3) is 12.6. The number of ether oxygens (including phenoxy) is 9. The minimum absolute atomic E-state index is 0.0726. The molecule has 0 spiro atoms. The Bertz CT molecular complexity index is 2720. The van der Waals surface area contributed by atoms with Crippen molar-refractivity contribution in [2.45, 2.75) is 120 Å². The first-order chi connectivity index (χ1) is 36.7. The fourth-order valence-electron chi connectivity index (χ4n) is 10.5. The largest absolute Gasteiger partial charge is 0.399 e. The van der Waals surface area contributed by atoms with Crippen LogP contribution in [0.1, 0.15) is 54.9 Å². The highest BCUT2D eigenvalue weighted by Crippen LogP contribution is 2.43. The topological polar surface area (TPSA) is 113 Å². The van der Waals surface area contributed by atoms with E-state index < -0.39 is 81.1 Å². The molecule has 3 saturated heterocycles. The SMILES string of the molecule is CC(C)(C)[Si](O[C@@H]1[C@H](O)[C@H](O[C@H]2[C@H](OCc3ccccc3)[C@@H](OCc3ccccc3)[C@H](OCc3ccccc3)O[C@@H]2COCc2ccccc2)O[C@@H]2COC(c3ccccc3)O[C@@H]12)(c1ccccc1)c1ccccc1. The highest BCUT2D eigenvalue weighted by Gasteiger charge is 2.59. The molecule has 12 heteroatoms. The lowest BCUT2D eigenvalue weighted by Crippen LogP contribution is -2.73. The summed E-state index contributed by atoms with van der Waals surface area (Å²) in [5.41, 5.74) is 4.71. The van der Waals surface area contributed by atoms with E-state index >= 15 is 0 Å². The van der Waals surface area contributed by atoms with Gasteiger partial charge in [0.25, 0.3) is 8.32 Å². The summed E-state index contributed by atoms with van der Waals surface area (Å²) in [5.74, 6) is 0. The lowest BCUT2D eigenvalue weighted by Gasteiger charge is -2.53. The number of rotatable bonds is 20. The molecule has 11 nitrogen and oxygen atoms in total. The van der Waals surface area contributed by atoms with Gasteiger partial charge in [-0.2, -0.15) is 0 Å². The molecular formula is C63H68O11Si. The minimum atomic E-state index is -3.36. The van der Waals surface area contributed by atoms with Crippen molar-refractivity contribution in [3.8, 4) is 0 Å². The van der Waals surface area contributed by atoms with E-state index in [2.05, 4.69) is 45.0 Å². The Morgan fingerprint density at radius 1 is 0.480 bits per heavy atom. The van der Waals surface area contributed by atoms with Crippen LogP contribution in [0.15, 0.2) is 212 Å². The van der Waals surface area contributed by atoms with Gasteiger partial charge in [0.2, 0.25) is 0 Å². The normalized spacial score (nSPS) is 26.1. The van der Waals surface area contributed by atoms with Crippen LogP contribution in [0.25, 0.3) is 0 Å². The quantitative estimate of drug-likeness (QED) is 0.0737. The molecular weight excluding hydrogens is 961 g/mol. The predicted molar refractivity (Wildman–Crippen MR) is 288 cm³/mol. The van der Waals surface area contributed by atoms with Crippen molar-refractivity contribution in [3.05, 3.63) is 240 Å². The van der Waals surface area contributed by atoms with Gasteiger partial charge in [0.15, 0.2) is 18.9 Å². The molecule has 3 aliphatic rings. The smallest absolute Gasteiger partial charge is 0.261 e. The highest BCUT2D eigenvalue weighted by atomic mass is 28.4. The van der Waals surface area contributed by atoms with Gasteiger partial charge >= 0.3 is 0 Å². The average Bonchev–Trinajstić information content (AvgIpc) is 3.46. The number of fused-ring (bicyclic) bond motifs is 1. The molecule has 0 aliphatic carbocycles. The van der Waals surface area contributed by atoms with E-state index in [0.29, 0.717) is 6.61 Å². The fourth-order valence-corrected chi connectivity index (χ4v) is 15.2. The summed E-state index contributed by atoms with van der Waals surface area (Å²) in [4.78, 5) is 0. The van der Waals surface area contributed by atoms with Crippen LogP contribution in [0.4, 0.5) is 0 Å². The van der Waals surface area contributed by atoms with E-state index in [9.17, 15) is 5.11 Å². The third-order valence-corrected chi connectivity index (χ3v) is 19.2. The van der Waals surface area contributed by atoms with Crippen LogP contribution in [0.5, 0.6) is 0 Å². The molecule has 3 fully saturated rings. The molecule has 390 valence electrons. The summed E-state index contributed by atoms with van der Waals surface area (Å²) < 4.78 is 70.0. The Kier molecular flexibility index (Phi) is 17.6. The van der Waals surface area contributed by atoms with Gasteiger partial charge in [0.1, 0.15) is 48.8 Å². The Hall–Kier alpha value is -5.68. The summed E-state index contributed by atoms with van der Waals surface area (Å²) in [7, 11) is -3.36. The molecule has 0 bridgehead atoms. The molecule has 7 aromatic rings. The molecule has 10 rings (SSSR count). The van der Waals surface area contributed by atoms with Crippen LogP contribution >= 0.6 is 0 Å². The van der Waals surface area contributed by atoms with Gasteiger partial charge in [0.05, 0.1) is 39.6 Å². The number of benzene rings is 7. The predicted octanol–water partition coefficient (Wildman–Crippen LogP) is 9.85. The van der Waals surface area contributed by atoms with Gasteiger partial charge in [0, 0.05) is 5.56 Å². The van der Waals surface area contributed by atoms with E-state index in [-0.39, 0.29) is 33.0 Å². The zero-order valence-electron chi connectivity index (χ0n) is 42.8. The van der Waals surface area contributed by atoms with E-state index in [0.717, 1.165) is 38.2 Å². The molecule has 0 saturated carbocycles. The van der Waals surface area contributed by atoms with Crippen molar-refractivity contribution >= 4 is 18.7 Å². The second-order valence-electron chi connectivity index (χ2n) is 20.4. The second-order valence-corrected chi connectivity index (χ2v) is 24.7. The molecule has 75 heavy (non-hydrogen) atoms. The second kappa shape index (κ2) is 25.0. The molecule has 1 N–H and O–H groups in total. The zero-order valence-corrected chi connectivity index (χ0v) is 43.8. The van der Waals surface area contributed by atoms with Crippen LogP contribution < -0.4 is 10.4 Å². The minimum Gasteiger partial charge on any atom is -0.399 e. The molecule has 7 aromatic carbocycles. The number of hydrogen-bond donors (Lipinski definition) is 1. The van der Waals surface area contributed by atoms with Crippen LogP contribution in [0.3, 0.4) is 0 Å². The standard InChI is InChI=1S/C63H68O11Si/c1-63(2,3)75(50-35-21-9-22-36-50,51-37-23-10-24-38-51)74-57-54(64)61(70-53-44-69-60(72-55(53)57)49-33-19-8-20-34-49)73-56-52(43-65-39-45-25-11-4-12-26-45)71-62(68-42-48-31-17-7-18-32-48)59(67-41-47-29-15-6-16-30-47)58(56)66-40-46-27-13-5-14-28-46/h4-38,52-62,64H,39-44H2,1-3H3/t52-,53-,54+,55-,56-,57-,58+,59-,60?,61+,62-/m1/s1. The maximum Gasteiger partial charge on any atom is 0.261 e. The number of hydrogen-bond acceptors (Lipinski definition) is 11. The molecule has 0 amide bonds. The van der Waals surface area contributed by atoms with Crippen molar-refractivity contribution in [3.63, 3.8) is 0 Å². The van der Waals surface area contributed by atoms with Crippen molar-refractivity contribution < 1.29 is 52.2 Å². The maximum atomic E-state index is 13.3. The van der Waals surface area contributed by atoms with Crippen molar-refractivity contribution in [2.24, 2.45) is 0 Å². The lowest BCUT2D eigenvalue weighted by atomic mass is 9.95. The molecule has 3 heterocycles. The van der Waals surface area contributed by atoms with Gasteiger partial charge in [-0.05, 0) is 37.7 Å². The van der Waals surface area contributed by atoms with Crippen LogP contribution in [0, 0.1) is 0 Å². The maximum absolute atomic E-state index is 13.3. The average molecular weight is 1030 g/mol. The van der Waals surface area contributed by atoms with Gasteiger partial charge < -0.3 is 52.2 Å². The first-order valence-electron chi connectivity index (χ1n) is 26.1. The van der Waals surface area contributed by atoms with Crippen molar-refractivity contribution in [1.29, 1.82) is 0 Å². The van der Waals surface area contributed by atoms with Gasteiger partial charge in [-0.15, -0.1) is 0 Å². The summed E-state index contributed by atoms with van der Waals surface area (Å²) in [6.45, 7) is 7.84. The summed E-state index contributed by atoms with van der Waals surface area (Å²) in [6, 6.07) is 70.5. The highest BCUT2D eigenvalue weighted by molar-refractivity contribution is 6.99. The van der Waals surface area contributed by atoms with E-state index in [4.69, 9.17) is 47.1 Å². The summed E-state index contributed by atoms with van der Waals surface area (Å²) in [5, 5.41) is 15.0. The Balaban J connectivity index is 1.05. The van der Waals surface area contributed by atoms with Gasteiger partial charge in [-0.1, -0.05) is 233 Å². The number of aliphatic hydroxyl groups is 1. The molecule has 0 aromatic heterocycles. The summed E-state index contributed by atoms with van der Waals surface area (Å²) >= 11 is 0. The lowest BCUT2D eigenvalue weighted by molar-refractivity contribution is -0.389. The van der Waals surface area contributed by atoms with Crippen LogP contribution in [0.2, 0.25) is 5.04 Å². The van der Waals surface area contributed by atoms with E-state index in [1.807, 2.05) is 188 Å².